The second kappa shape index (κ2) is 14.1. The van der Waals surface area contributed by atoms with Crippen molar-refractivity contribution in [1.29, 1.82) is 0 Å². The van der Waals surface area contributed by atoms with Gasteiger partial charge >= 0.3 is 6.09 Å². The van der Waals surface area contributed by atoms with Crippen LogP contribution in [0.2, 0.25) is 0 Å². The number of carbonyl (C=O) groups is 4. The lowest BCUT2D eigenvalue weighted by Gasteiger charge is -2.32. The summed E-state index contributed by atoms with van der Waals surface area (Å²) in [5.41, 5.74) is -3.42. The molecule has 4 N–H and O–H groups in total. The summed E-state index contributed by atoms with van der Waals surface area (Å²) >= 11 is 0. The number of para-hydroxylation sites is 1. The van der Waals surface area contributed by atoms with Gasteiger partial charge in [-0.15, -0.1) is 0 Å². The Balaban J connectivity index is 1.54. The summed E-state index contributed by atoms with van der Waals surface area (Å²) in [5.74, 6) is -3.44. The number of allylic oxidation sites excluding steroid dienone is 1. The van der Waals surface area contributed by atoms with Gasteiger partial charge in [0.05, 0.1) is 16.3 Å². The van der Waals surface area contributed by atoms with Gasteiger partial charge < -0.3 is 25.4 Å². The lowest BCUT2D eigenvalue weighted by atomic mass is 10.1. The highest BCUT2D eigenvalue weighted by atomic mass is 32.2. The molecule has 2 aliphatic heterocycles. The first-order valence-electron chi connectivity index (χ1n) is 16.5. The number of nitrogens with one attached hydrogen (secondary N) is 3. The molecule has 280 valence electrons. The first-order valence-corrected chi connectivity index (χ1v) is 19.5. The molecule has 1 aromatic carbocycles. The third-order valence-corrected chi connectivity index (χ3v) is 12.8. The van der Waals surface area contributed by atoms with Crippen LogP contribution in [-0.4, -0.2) is 114 Å². The standard InChI is InChI=1S/C31H42N6O12S2/c1-30(2,3)49-29(42)32-22-18-35(51(47,48)25-11-7-6-10-23(25)37(43)44)14-8-4-5-9-19-16-31(19,28(41)34-50(45,46)21-12-13-21)33-26(39)24-15-20(38)17-36(24)27(22)40/h5-7,9-11,19-22,24,38H,4,8,12-18H2,1-3H3,(H,32,42)(H,33,39)(H,34,41)/b9-5-/t19-,20-,22?,24+,31-/m1/s1. The molecule has 20 heteroatoms. The first kappa shape index (κ1) is 38.1. The largest absolute Gasteiger partial charge is 0.444 e. The SMILES string of the molecule is CC(C)(C)OC(=O)NC1CN(S(=O)(=O)c2ccccc2[N+](=O)[O-])CCC/C=C\[C@@H]2C[C@@]2(C(=O)NS(=O)(=O)C2CC2)NC(=O)[C@@H]2C[C@@H](O)CN2C1=O. The molecule has 18 nitrogen and oxygen atoms in total. The maximum Gasteiger partial charge on any atom is 0.408 e. The van der Waals surface area contributed by atoms with Crippen LogP contribution in [-0.2, 0) is 39.2 Å². The second-order valence-corrected chi connectivity index (χ2v) is 18.1. The van der Waals surface area contributed by atoms with Crippen molar-refractivity contribution < 1.29 is 50.8 Å². The molecule has 2 saturated carbocycles. The van der Waals surface area contributed by atoms with E-state index in [-0.39, 0.29) is 32.2 Å². The van der Waals surface area contributed by atoms with E-state index in [1.807, 2.05) is 0 Å². The highest BCUT2D eigenvalue weighted by molar-refractivity contribution is 7.91. The predicted octanol–water partition coefficient (Wildman–Crippen LogP) is 0.274. The van der Waals surface area contributed by atoms with Crippen LogP contribution >= 0.6 is 0 Å². The summed E-state index contributed by atoms with van der Waals surface area (Å²) in [6, 6.07) is 1.56. The zero-order valence-corrected chi connectivity index (χ0v) is 29.9. The number of sulfonamides is 2. The van der Waals surface area contributed by atoms with Gasteiger partial charge in [0.25, 0.3) is 11.6 Å². The first-order chi connectivity index (χ1) is 23.7. The van der Waals surface area contributed by atoms with Crippen molar-refractivity contribution in [2.75, 3.05) is 19.6 Å². The maximum atomic E-state index is 14.3. The summed E-state index contributed by atoms with van der Waals surface area (Å²) in [6.07, 6.45) is 1.79. The molecule has 5 rings (SSSR count). The van der Waals surface area contributed by atoms with E-state index in [1.54, 1.807) is 32.9 Å². The van der Waals surface area contributed by atoms with Crippen molar-refractivity contribution >= 4 is 49.5 Å². The normalized spacial score (nSPS) is 28.6. The van der Waals surface area contributed by atoms with Crippen LogP contribution in [0.5, 0.6) is 0 Å². The second-order valence-electron chi connectivity index (χ2n) is 14.2. The Bertz CT molecular complexity index is 1840. The number of nitrogens with zero attached hydrogens (tertiary/aromatic N) is 3. The molecule has 4 aliphatic rings. The van der Waals surface area contributed by atoms with Gasteiger partial charge in [-0.1, -0.05) is 24.3 Å². The number of amides is 4. The Morgan fingerprint density at radius 2 is 1.80 bits per heavy atom. The number of carbonyl (C=O) groups excluding carboxylic acids is 4. The van der Waals surface area contributed by atoms with Crippen LogP contribution in [0.25, 0.3) is 0 Å². The van der Waals surface area contributed by atoms with Gasteiger partial charge in [0, 0.05) is 38.0 Å². The van der Waals surface area contributed by atoms with Crippen molar-refractivity contribution in [3.63, 3.8) is 0 Å². The number of hydrogen-bond acceptors (Lipinski definition) is 12. The van der Waals surface area contributed by atoms with Crippen LogP contribution in [0.1, 0.15) is 59.3 Å². The number of ether oxygens (including phenoxy) is 1. The van der Waals surface area contributed by atoms with Gasteiger partial charge in [-0.25, -0.2) is 21.6 Å². The van der Waals surface area contributed by atoms with E-state index in [1.165, 1.54) is 12.1 Å². The average Bonchev–Trinajstić information content (AvgIpc) is 3.95. The van der Waals surface area contributed by atoms with Gasteiger partial charge in [-0.05, 0) is 58.9 Å². The molecule has 4 amide bonds. The minimum atomic E-state index is -4.70. The zero-order chi connectivity index (χ0) is 37.5. The van der Waals surface area contributed by atoms with Crippen molar-refractivity contribution in [1.82, 2.24) is 24.6 Å². The molecule has 2 aliphatic carbocycles. The topological polar surface area (TPSA) is 252 Å². The lowest BCUT2D eigenvalue weighted by Crippen LogP contribution is -2.60. The molecule has 3 fully saturated rings. The smallest absolute Gasteiger partial charge is 0.408 e. The molecule has 5 atom stereocenters. The van der Waals surface area contributed by atoms with E-state index in [2.05, 4.69) is 15.4 Å². The highest BCUT2D eigenvalue weighted by Gasteiger charge is 2.62. The minimum absolute atomic E-state index is 0.0332. The van der Waals surface area contributed by atoms with Crippen LogP contribution in [0.4, 0.5) is 10.5 Å². The fourth-order valence-electron chi connectivity index (χ4n) is 6.23. The van der Waals surface area contributed by atoms with Crippen molar-refractivity contribution in [2.24, 2.45) is 5.92 Å². The number of nitro groups is 1. The van der Waals surface area contributed by atoms with E-state index in [0.29, 0.717) is 12.8 Å². The number of fused-ring (bicyclic) bond motifs is 2. The Kier molecular flexibility index (Phi) is 10.5. The van der Waals surface area contributed by atoms with Crippen LogP contribution in [0.15, 0.2) is 41.3 Å². The summed E-state index contributed by atoms with van der Waals surface area (Å²) in [4.78, 5) is 65.9. The number of nitro benzene ring substituents is 1. The Labute approximate surface area is 295 Å². The quantitative estimate of drug-likeness (QED) is 0.166. The molecule has 2 heterocycles. The number of benzene rings is 1. The van der Waals surface area contributed by atoms with Gasteiger partial charge in [-0.2, -0.15) is 4.31 Å². The van der Waals surface area contributed by atoms with E-state index < -0.39 is 113 Å². The van der Waals surface area contributed by atoms with Gasteiger partial charge in [-0.3, -0.25) is 29.2 Å². The maximum absolute atomic E-state index is 14.3. The van der Waals surface area contributed by atoms with Crippen molar-refractivity contribution in [3.8, 4) is 0 Å². The highest BCUT2D eigenvalue weighted by Crippen LogP contribution is 2.46. The minimum Gasteiger partial charge on any atom is -0.444 e. The lowest BCUT2D eigenvalue weighted by molar-refractivity contribution is -0.387. The fourth-order valence-corrected chi connectivity index (χ4v) is 9.25. The molecule has 1 unspecified atom stereocenters. The third kappa shape index (κ3) is 8.50. The monoisotopic (exact) mass is 754 g/mol. The van der Waals surface area contributed by atoms with Crippen molar-refractivity contribution in [3.05, 3.63) is 46.5 Å². The molecule has 0 bridgehead atoms. The van der Waals surface area contributed by atoms with E-state index in [9.17, 15) is 51.2 Å². The van der Waals surface area contributed by atoms with E-state index >= 15 is 0 Å². The number of alkyl carbamates (subject to hydrolysis) is 1. The molecule has 1 saturated heterocycles. The molecule has 0 aromatic heterocycles. The Morgan fingerprint density at radius 1 is 1.12 bits per heavy atom. The summed E-state index contributed by atoms with van der Waals surface area (Å²) in [7, 11) is -8.68. The molecular formula is C31H42N6O12S2. The average molecular weight is 755 g/mol. The van der Waals surface area contributed by atoms with Crippen molar-refractivity contribution in [2.45, 2.75) is 98.8 Å². The molecule has 1 aromatic rings. The zero-order valence-electron chi connectivity index (χ0n) is 28.3. The molecular weight excluding hydrogens is 713 g/mol. The number of rotatable bonds is 7. The summed E-state index contributed by atoms with van der Waals surface area (Å²) in [6.45, 7) is 3.28. The summed E-state index contributed by atoms with van der Waals surface area (Å²) < 4.78 is 61.7. The Hall–Kier alpha value is -4.14. The fraction of sp³-hybridized carbons (Fsp3) is 0.613. The molecule has 0 spiro atoms. The van der Waals surface area contributed by atoms with Crippen LogP contribution < -0.4 is 15.4 Å². The summed E-state index contributed by atoms with van der Waals surface area (Å²) in [5, 5.41) is 26.8. The van der Waals surface area contributed by atoms with E-state index in [4.69, 9.17) is 4.74 Å². The van der Waals surface area contributed by atoms with Gasteiger partial charge in [0.15, 0.2) is 4.90 Å². The van der Waals surface area contributed by atoms with E-state index in [0.717, 1.165) is 21.3 Å². The Morgan fingerprint density at radius 3 is 2.45 bits per heavy atom. The third-order valence-electron chi connectivity index (χ3n) is 9.03. The van der Waals surface area contributed by atoms with Crippen LogP contribution in [0.3, 0.4) is 0 Å². The number of hydrogen-bond donors (Lipinski definition) is 4. The van der Waals surface area contributed by atoms with Crippen LogP contribution in [0, 0.1) is 16.0 Å². The number of aliphatic hydroxyl groups excluding tert-OH is 1. The van der Waals surface area contributed by atoms with Gasteiger partial charge in [0.2, 0.25) is 31.9 Å². The number of aliphatic hydroxyl groups is 1. The molecule has 0 radical (unpaired) electrons. The predicted molar refractivity (Wildman–Crippen MR) is 179 cm³/mol. The van der Waals surface area contributed by atoms with Gasteiger partial charge in [0.1, 0.15) is 23.2 Å². The molecule has 51 heavy (non-hydrogen) atoms.